The van der Waals surface area contributed by atoms with Crippen molar-refractivity contribution >= 4 is 34.1 Å². The minimum absolute atomic E-state index is 0.0116. The number of rotatable bonds is 5. The van der Waals surface area contributed by atoms with Crippen LogP contribution < -0.4 is 11.1 Å². The fourth-order valence-electron chi connectivity index (χ4n) is 3.62. The lowest BCUT2D eigenvalue weighted by atomic mass is 9.84. The lowest BCUT2D eigenvalue weighted by Gasteiger charge is -2.24. The van der Waals surface area contributed by atoms with Crippen LogP contribution in [0.2, 0.25) is 0 Å². The molecule has 1 aromatic carbocycles. The number of hydrogen-bond donors (Lipinski definition) is 4. The molecule has 0 fully saturated rings. The van der Waals surface area contributed by atoms with E-state index < -0.39 is 18.0 Å². The quantitative estimate of drug-likeness (QED) is 0.474. The molecule has 0 saturated heterocycles. The minimum Gasteiger partial charge on any atom is -0.398 e. The maximum atomic E-state index is 14.7. The number of anilines is 1. The standard InChI is InChI=1S/C19H20F3N5/c1-26-8-12(16(25)19(21)22)17-10-5-3-2-4-9(10)15-11(7-23)14(24)6-13(20)18(15)27-17/h6-8,19,23,25-26H,2-5,24H2,1H3/b12-8+,23-7?,25-16?. The van der Waals surface area contributed by atoms with Crippen molar-refractivity contribution in [3.63, 3.8) is 0 Å². The lowest BCUT2D eigenvalue weighted by molar-refractivity contribution is 0.226. The normalized spacial score (nSPS) is 14.3. The van der Waals surface area contributed by atoms with E-state index in [1.165, 1.54) is 6.20 Å². The maximum Gasteiger partial charge on any atom is 0.280 e. The number of hydrogen-bond acceptors (Lipinski definition) is 5. The molecule has 142 valence electrons. The van der Waals surface area contributed by atoms with Crippen LogP contribution in [0, 0.1) is 16.6 Å². The van der Waals surface area contributed by atoms with Crippen molar-refractivity contribution in [2.45, 2.75) is 32.1 Å². The molecule has 5 nitrogen and oxygen atoms in total. The summed E-state index contributed by atoms with van der Waals surface area (Å²) in [6.07, 6.45) is 2.28. The Hall–Kier alpha value is -2.90. The molecule has 1 aromatic heterocycles. The van der Waals surface area contributed by atoms with Crippen LogP contribution in [-0.4, -0.2) is 30.4 Å². The number of allylic oxidation sites excluding steroid dienone is 1. The van der Waals surface area contributed by atoms with Gasteiger partial charge in [0.1, 0.15) is 11.2 Å². The van der Waals surface area contributed by atoms with Crippen LogP contribution in [0.3, 0.4) is 0 Å². The molecule has 27 heavy (non-hydrogen) atoms. The molecule has 1 aliphatic carbocycles. The van der Waals surface area contributed by atoms with Crippen molar-refractivity contribution in [2.75, 3.05) is 12.8 Å². The van der Waals surface area contributed by atoms with E-state index in [0.29, 0.717) is 29.4 Å². The monoisotopic (exact) mass is 375 g/mol. The molecule has 0 aliphatic heterocycles. The average Bonchev–Trinajstić information content (AvgIpc) is 2.65. The Labute approximate surface area is 154 Å². The van der Waals surface area contributed by atoms with Gasteiger partial charge in [-0.15, -0.1) is 0 Å². The predicted octanol–water partition coefficient (Wildman–Crippen LogP) is 3.68. The van der Waals surface area contributed by atoms with Crippen molar-refractivity contribution in [1.29, 1.82) is 10.8 Å². The molecular weight excluding hydrogens is 355 g/mol. The number of benzene rings is 1. The molecule has 0 unspecified atom stereocenters. The van der Waals surface area contributed by atoms with Crippen molar-refractivity contribution in [2.24, 2.45) is 0 Å². The van der Waals surface area contributed by atoms with Crippen LogP contribution in [0.5, 0.6) is 0 Å². The van der Waals surface area contributed by atoms with Crippen molar-refractivity contribution in [3.05, 3.63) is 40.5 Å². The number of aryl methyl sites for hydroxylation is 1. The number of nitrogens with zero attached hydrogens (tertiary/aromatic N) is 1. The molecular formula is C19H20F3N5. The number of nitrogen functional groups attached to an aromatic ring is 1. The number of alkyl halides is 2. The van der Waals surface area contributed by atoms with Gasteiger partial charge >= 0.3 is 0 Å². The van der Waals surface area contributed by atoms with Gasteiger partial charge in [0.25, 0.3) is 6.43 Å². The smallest absolute Gasteiger partial charge is 0.280 e. The van der Waals surface area contributed by atoms with Gasteiger partial charge in [-0.25, -0.2) is 18.2 Å². The lowest BCUT2D eigenvalue weighted by Crippen LogP contribution is -2.19. The largest absolute Gasteiger partial charge is 0.398 e. The van der Waals surface area contributed by atoms with Crippen LogP contribution in [-0.2, 0) is 12.8 Å². The number of aromatic nitrogens is 1. The molecule has 0 spiro atoms. The molecule has 0 saturated carbocycles. The van der Waals surface area contributed by atoms with Crippen LogP contribution in [0.1, 0.15) is 35.2 Å². The highest BCUT2D eigenvalue weighted by Crippen LogP contribution is 2.37. The Bertz CT molecular complexity index is 966. The fourth-order valence-corrected chi connectivity index (χ4v) is 3.62. The van der Waals surface area contributed by atoms with Gasteiger partial charge in [-0.2, -0.15) is 0 Å². The third kappa shape index (κ3) is 3.15. The molecule has 3 rings (SSSR count). The van der Waals surface area contributed by atoms with E-state index in [4.69, 9.17) is 16.6 Å². The number of pyridine rings is 1. The van der Waals surface area contributed by atoms with Gasteiger partial charge < -0.3 is 16.5 Å². The molecule has 1 heterocycles. The summed E-state index contributed by atoms with van der Waals surface area (Å²) in [7, 11) is 1.54. The minimum atomic E-state index is -2.98. The second-order valence-electron chi connectivity index (χ2n) is 6.41. The highest BCUT2D eigenvalue weighted by atomic mass is 19.3. The van der Waals surface area contributed by atoms with Gasteiger partial charge in [-0.05, 0) is 42.9 Å². The topological polar surface area (TPSA) is 98.6 Å². The molecule has 0 amide bonds. The summed E-state index contributed by atoms with van der Waals surface area (Å²) in [5.74, 6) is -0.671. The van der Waals surface area contributed by atoms with Gasteiger partial charge in [0.2, 0.25) is 0 Å². The van der Waals surface area contributed by atoms with Crippen molar-refractivity contribution in [1.82, 2.24) is 10.3 Å². The van der Waals surface area contributed by atoms with Gasteiger partial charge in [0, 0.05) is 41.7 Å². The molecule has 0 atom stereocenters. The second-order valence-corrected chi connectivity index (χ2v) is 6.41. The maximum absolute atomic E-state index is 14.7. The van der Waals surface area contributed by atoms with E-state index in [0.717, 1.165) is 30.7 Å². The zero-order valence-corrected chi connectivity index (χ0v) is 14.8. The summed E-state index contributed by atoms with van der Waals surface area (Å²) >= 11 is 0. The fraction of sp³-hybridized carbons (Fsp3) is 0.316. The Morgan fingerprint density at radius 1 is 1.30 bits per heavy atom. The van der Waals surface area contributed by atoms with Gasteiger partial charge in [-0.3, -0.25) is 5.41 Å². The summed E-state index contributed by atoms with van der Waals surface area (Å²) in [5, 5.41) is 18.6. The Balaban J connectivity index is 2.44. The highest BCUT2D eigenvalue weighted by Gasteiger charge is 2.27. The first-order chi connectivity index (χ1) is 12.9. The first-order valence-electron chi connectivity index (χ1n) is 8.59. The summed E-state index contributed by atoms with van der Waals surface area (Å²) in [6.45, 7) is 0. The van der Waals surface area contributed by atoms with Crippen LogP contribution in [0.25, 0.3) is 16.5 Å². The zero-order chi connectivity index (χ0) is 19.7. The molecule has 2 aromatic rings. The van der Waals surface area contributed by atoms with Crippen LogP contribution in [0.15, 0.2) is 12.3 Å². The van der Waals surface area contributed by atoms with E-state index >= 15 is 0 Å². The number of nitrogens with two attached hydrogens (primary N) is 1. The first-order valence-corrected chi connectivity index (χ1v) is 8.59. The summed E-state index contributed by atoms with van der Waals surface area (Å²) in [4.78, 5) is 4.34. The number of fused-ring (bicyclic) bond motifs is 3. The van der Waals surface area contributed by atoms with E-state index in [9.17, 15) is 13.2 Å². The third-order valence-electron chi connectivity index (χ3n) is 4.80. The van der Waals surface area contributed by atoms with Gasteiger partial charge in [0.15, 0.2) is 5.82 Å². The molecule has 0 radical (unpaired) electrons. The van der Waals surface area contributed by atoms with Crippen molar-refractivity contribution in [3.8, 4) is 0 Å². The Kier molecular flexibility index (Phi) is 5.16. The van der Waals surface area contributed by atoms with Crippen LogP contribution in [0.4, 0.5) is 18.9 Å². The summed E-state index contributed by atoms with van der Waals surface area (Å²) < 4.78 is 41.2. The van der Waals surface area contributed by atoms with Gasteiger partial charge in [0.05, 0.1) is 5.69 Å². The van der Waals surface area contributed by atoms with E-state index in [2.05, 4.69) is 10.3 Å². The predicted molar refractivity (Wildman–Crippen MR) is 101 cm³/mol. The SMILES string of the molecule is CN/C=C(\C(=N)C(F)F)c1nc2c(F)cc(N)c(C=N)c2c2c1CCCC2. The molecule has 1 aliphatic rings. The summed E-state index contributed by atoms with van der Waals surface area (Å²) in [6, 6.07) is 1.09. The molecule has 8 heteroatoms. The first kappa shape index (κ1) is 18.9. The zero-order valence-electron chi connectivity index (χ0n) is 14.8. The third-order valence-corrected chi connectivity index (χ3v) is 4.80. The van der Waals surface area contributed by atoms with Crippen LogP contribution >= 0.6 is 0 Å². The molecule has 5 N–H and O–H groups in total. The number of nitrogens with one attached hydrogen (secondary N) is 3. The second kappa shape index (κ2) is 7.38. The highest BCUT2D eigenvalue weighted by molar-refractivity contribution is 6.24. The number of halogens is 3. The average molecular weight is 375 g/mol. The van der Waals surface area contributed by atoms with Gasteiger partial charge in [-0.1, -0.05) is 0 Å². The molecule has 0 bridgehead atoms. The van der Waals surface area contributed by atoms with E-state index in [1.807, 2.05) is 0 Å². The van der Waals surface area contributed by atoms with E-state index in [1.54, 1.807) is 7.05 Å². The summed E-state index contributed by atoms with van der Waals surface area (Å²) in [5.41, 5.74) is 7.16. The Morgan fingerprint density at radius 2 is 1.96 bits per heavy atom. The Morgan fingerprint density at radius 3 is 2.56 bits per heavy atom. The van der Waals surface area contributed by atoms with Crippen molar-refractivity contribution < 1.29 is 13.2 Å². The van der Waals surface area contributed by atoms with E-state index in [-0.39, 0.29) is 22.5 Å².